The van der Waals surface area contributed by atoms with Crippen molar-refractivity contribution in [2.75, 3.05) is 6.61 Å². The van der Waals surface area contributed by atoms with Crippen LogP contribution in [0.15, 0.2) is 91.0 Å². The molecule has 0 aromatic heterocycles. The molecule has 0 spiro atoms. The summed E-state index contributed by atoms with van der Waals surface area (Å²) in [5, 5.41) is 2.29. The Bertz CT molecular complexity index is 1350. The Hall–Kier alpha value is -3.86. The number of carbonyl (C=O) groups excluding carboxylic acids is 2. The van der Waals surface area contributed by atoms with E-state index in [0.29, 0.717) is 12.0 Å². The number of esters is 1. The highest BCUT2D eigenvalue weighted by Crippen LogP contribution is 2.41. The highest BCUT2D eigenvalue weighted by molar-refractivity contribution is 5.81. The lowest BCUT2D eigenvalue weighted by atomic mass is 9.83. The largest absolute Gasteiger partial charge is 0.464 e. The second kappa shape index (κ2) is 17.2. The van der Waals surface area contributed by atoms with Gasteiger partial charge in [0.15, 0.2) is 0 Å². The topological polar surface area (TPSA) is 92.3 Å². The van der Waals surface area contributed by atoms with E-state index in [1.54, 1.807) is 31.2 Å². The molecule has 1 saturated heterocycles. The van der Waals surface area contributed by atoms with Crippen molar-refractivity contribution in [3.05, 3.63) is 108 Å². The van der Waals surface area contributed by atoms with Gasteiger partial charge < -0.3 is 29.0 Å². The van der Waals surface area contributed by atoms with Gasteiger partial charge in [0.25, 0.3) is 5.92 Å². The molecule has 8 nitrogen and oxygen atoms in total. The van der Waals surface area contributed by atoms with Crippen molar-refractivity contribution in [3.63, 3.8) is 0 Å². The van der Waals surface area contributed by atoms with Gasteiger partial charge in [-0.25, -0.2) is 18.4 Å². The van der Waals surface area contributed by atoms with Crippen molar-refractivity contribution >= 4 is 12.1 Å². The van der Waals surface area contributed by atoms with Gasteiger partial charge in [-0.3, -0.25) is 0 Å². The Labute approximate surface area is 269 Å². The maximum atomic E-state index is 16.6. The standard InChI is InChI=1S/C36H43F2NO7/c1-4-30-25(3)31(43-22-26-15-9-6-10-16-26)32(44-23-27-17-11-7-12-18-27)33(46-30)36(37,38)21-29(34(40)42-5-2)39-35(41)45-24-28-19-13-8-14-20-28/h6-20,25,29-33H,4-5,21-24H2,1-3H3,(H,39,41)/t25-,29-,30+,31-,32+,33+/m0/s1. The fourth-order valence-electron chi connectivity index (χ4n) is 5.57. The van der Waals surface area contributed by atoms with Crippen LogP contribution in [0.2, 0.25) is 0 Å². The molecule has 6 atom stereocenters. The summed E-state index contributed by atoms with van der Waals surface area (Å²) in [6.45, 7) is 5.40. The summed E-state index contributed by atoms with van der Waals surface area (Å²) in [7, 11) is 0. The Morgan fingerprint density at radius 2 is 1.28 bits per heavy atom. The van der Waals surface area contributed by atoms with E-state index in [9.17, 15) is 9.59 Å². The van der Waals surface area contributed by atoms with Gasteiger partial charge in [-0.2, -0.15) is 0 Å². The third-order valence-electron chi connectivity index (χ3n) is 7.99. The zero-order chi connectivity index (χ0) is 32.9. The molecule has 1 fully saturated rings. The molecule has 4 rings (SSSR count). The molecular formula is C36H43F2NO7. The van der Waals surface area contributed by atoms with Crippen LogP contribution in [0.1, 0.15) is 50.3 Å². The van der Waals surface area contributed by atoms with Crippen molar-refractivity contribution in [3.8, 4) is 0 Å². The summed E-state index contributed by atoms with van der Waals surface area (Å²) < 4.78 is 62.1. The van der Waals surface area contributed by atoms with Gasteiger partial charge in [0, 0.05) is 12.3 Å². The molecule has 0 saturated carbocycles. The lowest BCUT2D eigenvalue weighted by Crippen LogP contribution is -2.62. The van der Waals surface area contributed by atoms with Crippen molar-refractivity contribution in [2.45, 2.75) is 89.8 Å². The molecule has 3 aromatic rings. The molecule has 10 heteroatoms. The summed E-state index contributed by atoms with van der Waals surface area (Å²) in [5.74, 6) is -4.95. The van der Waals surface area contributed by atoms with Crippen molar-refractivity contribution in [1.29, 1.82) is 0 Å². The first-order chi connectivity index (χ1) is 22.2. The van der Waals surface area contributed by atoms with Crippen molar-refractivity contribution in [2.24, 2.45) is 5.92 Å². The Morgan fingerprint density at radius 1 is 0.783 bits per heavy atom. The number of carbonyl (C=O) groups is 2. The fourth-order valence-corrected chi connectivity index (χ4v) is 5.57. The van der Waals surface area contributed by atoms with E-state index in [2.05, 4.69) is 5.32 Å². The van der Waals surface area contributed by atoms with E-state index >= 15 is 8.78 Å². The number of rotatable bonds is 15. The zero-order valence-electron chi connectivity index (χ0n) is 26.5. The molecule has 1 heterocycles. The quantitative estimate of drug-likeness (QED) is 0.182. The van der Waals surface area contributed by atoms with Crippen LogP contribution in [0.4, 0.5) is 13.6 Å². The minimum atomic E-state index is -3.66. The molecule has 3 aromatic carbocycles. The molecule has 0 bridgehead atoms. The van der Waals surface area contributed by atoms with Crippen LogP contribution in [-0.2, 0) is 48.3 Å². The van der Waals surface area contributed by atoms with Gasteiger partial charge in [0.05, 0.1) is 32.0 Å². The lowest BCUT2D eigenvalue weighted by Gasteiger charge is -2.47. The van der Waals surface area contributed by atoms with Crippen LogP contribution in [0.3, 0.4) is 0 Å². The van der Waals surface area contributed by atoms with Gasteiger partial charge in [0.1, 0.15) is 24.9 Å². The Kier molecular flexibility index (Phi) is 13.1. The second-order valence-corrected chi connectivity index (χ2v) is 11.4. The summed E-state index contributed by atoms with van der Waals surface area (Å²) in [5.41, 5.74) is 2.38. The molecule has 1 N–H and O–H groups in total. The predicted octanol–water partition coefficient (Wildman–Crippen LogP) is 6.85. The van der Waals surface area contributed by atoms with Gasteiger partial charge in [-0.15, -0.1) is 0 Å². The van der Waals surface area contributed by atoms with Gasteiger partial charge >= 0.3 is 12.1 Å². The minimum Gasteiger partial charge on any atom is -0.464 e. The summed E-state index contributed by atoms with van der Waals surface area (Å²) in [6.07, 6.45) is -6.00. The first-order valence-electron chi connectivity index (χ1n) is 15.7. The number of ether oxygens (including phenoxy) is 5. The summed E-state index contributed by atoms with van der Waals surface area (Å²) in [4.78, 5) is 25.6. The van der Waals surface area contributed by atoms with Crippen LogP contribution in [0.25, 0.3) is 0 Å². The number of amides is 1. The molecular weight excluding hydrogens is 596 g/mol. The number of hydrogen-bond donors (Lipinski definition) is 1. The number of hydrogen-bond acceptors (Lipinski definition) is 7. The average molecular weight is 640 g/mol. The highest BCUT2D eigenvalue weighted by atomic mass is 19.3. The smallest absolute Gasteiger partial charge is 0.408 e. The molecule has 1 amide bonds. The first kappa shape index (κ1) is 35.0. The third kappa shape index (κ3) is 9.82. The Balaban J connectivity index is 1.58. The number of nitrogens with one attached hydrogen (secondary N) is 1. The molecule has 46 heavy (non-hydrogen) atoms. The molecule has 1 aliphatic rings. The highest BCUT2D eigenvalue weighted by Gasteiger charge is 2.56. The third-order valence-corrected chi connectivity index (χ3v) is 7.99. The SMILES string of the molecule is CCOC(=O)[C@H](CC(F)(F)[C@@H]1O[C@H](CC)[C@H](C)[C@H](OCc2ccccc2)[C@H]1OCc1ccccc1)NC(=O)OCc1ccccc1. The Morgan fingerprint density at radius 3 is 1.78 bits per heavy atom. The van der Waals surface area contributed by atoms with Gasteiger partial charge in [0.2, 0.25) is 0 Å². The van der Waals surface area contributed by atoms with Crippen LogP contribution in [0.5, 0.6) is 0 Å². The molecule has 0 radical (unpaired) electrons. The maximum absolute atomic E-state index is 16.6. The number of benzene rings is 3. The minimum absolute atomic E-state index is 0.0432. The molecule has 0 aliphatic carbocycles. The van der Waals surface area contributed by atoms with Crippen LogP contribution >= 0.6 is 0 Å². The first-order valence-corrected chi connectivity index (χ1v) is 15.7. The van der Waals surface area contributed by atoms with E-state index in [1.165, 1.54) is 0 Å². The number of alkyl carbamates (subject to hydrolysis) is 1. The average Bonchev–Trinajstić information content (AvgIpc) is 3.07. The van der Waals surface area contributed by atoms with Crippen LogP contribution < -0.4 is 5.32 Å². The number of halogens is 2. The maximum Gasteiger partial charge on any atom is 0.408 e. The van der Waals surface area contributed by atoms with E-state index in [-0.39, 0.29) is 32.3 Å². The van der Waals surface area contributed by atoms with E-state index in [0.717, 1.165) is 11.1 Å². The zero-order valence-corrected chi connectivity index (χ0v) is 26.5. The lowest BCUT2D eigenvalue weighted by molar-refractivity contribution is -0.285. The van der Waals surface area contributed by atoms with Gasteiger partial charge in [-0.1, -0.05) is 105 Å². The normalized spacial score (nSPS) is 22.1. The molecule has 248 valence electrons. The van der Waals surface area contributed by atoms with Crippen LogP contribution in [-0.4, -0.2) is 55.0 Å². The van der Waals surface area contributed by atoms with E-state index in [1.807, 2.05) is 80.6 Å². The second-order valence-electron chi connectivity index (χ2n) is 11.4. The number of alkyl halides is 2. The molecule has 0 unspecified atom stereocenters. The van der Waals surface area contributed by atoms with Crippen LogP contribution in [0, 0.1) is 5.92 Å². The van der Waals surface area contributed by atoms with Crippen molar-refractivity contribution < 1.29 is 42.1 Å². The monoisotopic (exact) mass is 639 g/mol. The summed E-state index contributed by atoms with van der Waals surface area (Å²) >= 11 is 0. The van der Waals surface area contributed by atoms with Gasteiger partial charge in [-0.05, 0) is 30.0 Å². The molecule has 1 aliphatic heterocycles. The van der Waals surface area contributed by atoms with E-state index in [4.69, 9.17) is 23.7 Å². The van der Waals surface area contributed by atoms with E-state index < -0.39 is 54.9 Å². The summed E-state index contributed by atoms with van der Waals surface area (Å²) in [6, 6.07) is 25.9. The fraction of sp³-hybridized carbons (Fsp3) is 0.444. The predicted molar refractivity (Wildman–Crippen MR) is 168 cm³/mol. The van der Waals surface area contributed by atoms with Crippen molar-refractivity contribution in [1.82, 2.24) is 5.32 Å².